The molecule has 0 atom stereocenters. The van der Waals surface area contributed by atoms with E-state index in [1.165, 1.54) is 0 Å². The largest absolute Gasteiger partial charge is 0.496 e. The van der Waals surface area contributed by atoms with E-state index in [-0.39, 0.29) is 5.78 Å². The maximum absolute atomic E-state index is 12.6. The molecule has 0 aliphatic heterocycles. The van der Waals surface area contributed by atoms with Gasteiger partial charge in [-0.05, 0) is 63.1 Å². The molecule has 0 radical (unpaired) electrons. The molecule has 0 saturated heterocycles. The summed E-state index contributed by atoms with van der Waals surface area (Å²) in [6.45, 7) is 7.94. The van der Waals surface area contributed by atoms with E-state index in [1.807, 2.05) is 52.0 Å². The second-order valence-electron chi connectivity index (χ2n) is 5.35. The minimum Gasteiger partial charge on any atom is -0.496 e. The first-order valence-corrected chi connectivity index (χ1v) is 6.70. The fourth-order valence-electron chi connectivity index (χ4n) is 2.68. The summed E-state index contributed by atoms with van der Waals surface area (Å²) in [6, 6.07) is 9.73. The molecule has 20 heavy (non-hydrogen) atoms. The van der Waals surface area contributed by atoms with Gasteiger partial charge in [0, 0.05) is 11.1 Å². The van der Waals surface area contributed by atoms with Crippen molar-refractivity contribution in [2.45, 2.75) is 27.7 Å². The lowest BCUT2D eigenvalue weighted by molar-refractivity contribution is 0.103. The van der Waals surface area contributed by atoms with Crippen LogP contribution >= 0.6 is 0 Å². The molecule has 0 aromatic heterocycles. The fraction of sp³-hybridized carbons (Fsp3) is 0.278. The van der Waals surface area contributed by atoms with Gasteiger partial charge in [-0.25, -0.2) is 0 Å². The molecule has 2 aromatic rings. The normalized spacial score (nSPS) is 10.4. The Morgan fingerprint density at radius 2 is 1.25 bits per heavy atom. The summed E-state index contributed by atoms with van der Waals surface area (Å²) in [7, 11) is 1.65. The van der Waals surface area contributed by atoms with Crippen LogP contribution in [0.5, 0.6) is 5.75 Å². The Bertz CT molecular complexity index is 626. The summed E-state index contributed by atoms with van der Waals surface area (Å²) in [5, 5.41) is 0. The zero-order valence-corrected chi connectivity index (χ0v) is 12.7. The van der Waals surface area contributed by atoms with Gasteiger partial charge in [0.05, 0.1) is 7.11 Å². The molecule has 0 bridgehead atoms. The number of ether oxygens (including phenoxy) is 1. The summed E-state index contributed by atoms with van der Waals surface area (Å²) in [5.74, 6) is 0.910. The van der Waals surface area contributed by atoms with E-state index in [0.717, 1.165) is 33.6 Å². The predicted octanol–water partition coefficient (Wildman–Crippen LogP) is 4.16. The van der Waals surface area contributed by atoms with E-state index in [4.69, 9.17) is 4.74 Å². The van der Waals surface area contributed by atoms with Crippen LogP contribution in [0.2, 0.25) is 0 Å². The molecule has 0 spiro atoms. The molecule has 0 heterocycles. The Balaban J connectivity index is 2.48. The Morgan fingerprint density at radius 1 is 0.800 bits per heavy atom. The summed E-state index contributed by atoms with van der Waals surface area (Å²) in [4.78, 5) is 12.6. The van der Waals surface area contributed by atoms with Crippen LogP contribution < -0.4 is 4.74 Å². The number of rotatable bonds is 3. The first-order valence-electron chi connectivity index (χ1n) is 6.70. The minimum absolute atomic E-state index is 0.0608. The van der Waals surface area contributed by atoms with Gasteiger partial charge in [-0.3, -0.25) is 4.79 Å². The molecule has 0 aliphatic carbocycles. The molecule has 2 aromatic carbocycles. The number of methoxy groups -OCH3 is 1. The smallest absolute Gasteiger partial charge is 0.193 e. The summed E-state index contributed by atoms with van der Waals surface area (Å²) in [6.07, 6.45) is 0. The molecular formula is C18H20O2. The van der Waals surface area contributed by atoms with Gasteiger partial charge < -0.3 is 4.74 Å². The first-order chi connectivity index (χ1) is 9.42. The maximum Gasteiger partial charge on any atom is 0.193 e. The molecule has 2 nitrogen and oxygen atoms in total. The summed E-state index contributed by atoms with van der Waals surface area (Å²) < 4.78 is 5.34. The van der Waals surface area contributed by atoms with Crippen LogP contribution in [0.25, 0.3) is 0 Å². The fourth-order valence-corrected chi connectivity index (χ4v) is 2.68. The van der Waals surface area contributed by atoms with E-state index < -0.39 is 0 Å². The average molecular weight is 268 g/mol. The van der Waals surface area contributed by atoms with Crippen molar-refractivity contribution < 1.29 is 9.53 Å². The second-order valence-corrected chi connectivity index (χ2v) is 5.35. The number of carbonyl (C=O) groups excluding carboxylic acids is 1. The Kier molecular flexibility index (Phi) is 3.93. The SMILES string of the molecule is COc1c(C)cc(C(=O)c2cc(C)cc(C)c2)cc1C. The van der Waals surface area contributed by atoms with E-state index in [0.29, 0.717) is 5.56 Å². The van der Waals surface area contributed by atoms with Gasteiger partial charge in [0.15, 0.2) is 5.78 Å². The van der Waals surface area contributed by atoms with Crippen LogP contribution in [0, 0.1) is 27.7 Å². The highest BCUT2D eigenvalue weighted by atomic mass is 16.5. The third-order valence-corrected chi connectivity index (χ3v) is 3.41. The monoisotopic (exact) mass is 268 g/mol. The molecule has 0 unspecified atom stereocenters. The number of aryl methyl sites for hydroxylation is 4. The maximum atomic E-state index is 12.6. The molecule has 2 heteroatoms. The lowest BCUT2D eigenvalue weighted by Gasteiger charge is -2.11. The molecule has 0 aliphatic rings. The van der Waals surface area contributed by atoms with Crippen LogP contribution in [0.3, 0.4) is 0 Å². The zero-order chi connectivity index (χ0) is 14.9. The Labute approximate surface area is 120 Å². The zero-order valence-electron chi connectivity index (χ0n) is 12.7. The number of ketones is 1. The first kappa shape index (κ1) is 14.3. The number of hydrogen-bond acceptors (Lipinski definition) is 2. The van der Waals surface area contributed by atoms with Crippen molar-refractivity contribution in [3.8, 4) is 5.75 Å². The van der Waals surface area contributed by atoms with Crippen molar-refractivity contribution >= 4 is 5.78 Å². The molecule has 2 rings (SSSR count). The highest BCUT2D eigenvalue weighted by Crippen LogP contribution is 2.25. The third kappa shape index (κ3) is 2.74. The number of benzene rings is 2. The lowest BCUT2D eigenvalue weighted by atomic mass is 9.96. The van der Waals surface area contributed by atoms with Crippen LogP contribution in [-0.2, 0) is 0 Å². The predicted molar refractivity (Wildman–Crippen MR) is 81.8 cm³/mol. The van der Waals surface area contributed by atoms with Crippen molar-refractivity contribution in [2.75, 3.05) is 7.11 Å². The van der Waals surface area contributed by atoms with Crippen molar-refractivity contribution in [1.29, 1.82) is 0 Å². The van der Waals surface area contributed by atoms with E-state index in [9.17, 15) is 4.79 Å². The molecule has 104 valence electrons. The van der Waals surface area contributed by atoms with Gasteiger partial charge >= 0.3 is 0 Å². The van der Waals surface area contributed by atoms with Gasteiger partial charge in [-0.1, -0.05) is 17.2 Å². The summed E-state index contributed by atoms with van der Waals surface area (Å²) >= 11 is 0. The lowest BCUT2D eigenvalue weighted by Crippen LogP contribution is -2.04. The highest BCUT2D eigenvalue weighted by molar-refractivity contribution is 6.09. The molecule has 0 saturated carbocycles. The summed E-state index contributed by atoms with van der Waals surface area (Å²) in [5.41, 5.74) is 5.64. The van der Waals surface area contributed by atoms with Crippen LogP contribution in [0.15, 0.2) is 30.3 Å². The number of carbonyl (C=O) groups is 1. The van der Waals surface area contributed by atoms with Crippen LogP contribution in [0.1, 0.15) is 38.2 Å². The van der Waals surface area contributed by atoms with E-state index in [2.05, 4.69) is 6.07 Å². The number of hydrogen-bond donors (Lipinski definition) is 0. The third-order valence-electron chi connectivity index (χ3n) is 3.41. The molecular weight excluding hydrogens is 248 g/mol. The Hall–Kier alpha value is -2.09. The second kappa shape index (κ2) is 5.49. The van der Waals surface area contributed by atoms with Gasteiger partial charge in [0.25, 0.3) is 0 Å². The van der Waals surface area contributed by atoms with Crippen LogP contribution in [0.4, 0.5) is 0 Å². The van der Waals surface area contributed by atoms with Gasteiger partial charge in [0.1, 0.15) is 5.75 Å². The van der Waals surface area contributed by atoms with E-state index >= 15 is 0 Å². The average Bonchev–Trinajstić information content (AvgIpc) is 2.36. The van der Waals surface area contributed by atoms with Crippen molar-refractivity contribution in [1.82, 2.24) is 0 Å². The van der Waals surface area contributed by atoms with Gasteiger partial charge in [-0.15, -0.1) is 0 Å². The van der Waals surface area contributed by atoms with Gasteiger partial charge in [0.2, 0.25) is 0 Å². The standard InChI is InChI=1S/C18H20O2/c1-11-6-12(2)8-15(7-11)17(19)16-9-13(3)18(20-5)14(4)10-16/h6-10H,1-5H3. The Morgan fingerprint density at radius 3 is 1.70 bits per heavy atom. The van der Waals surface area contributed by atoms with Crippen molar-refractivity contribution in [3.05, 3.63) is 63.7 Å². The quantitative estimate of drug-likeness (QED) is 0.781. The van der Waals surface area contributed by atoms with Crippen LogP contribution in [-0.4, -0.2) is 12.9 Å². The van der Waals surface area contributed by atoms with E-state index in [1.54, 1.807) is 7.11 Å². The molecule has 0 amide bonds. The molecule has 0 fully saturated rings. The van der Waals surface area contributed by atoms with Crippen molar-refractivity contribution in [2.24, 2.45) is 0 Å². The highest BCUT2D eigenvalue weighted by Gasteiger charge is 2.13. The topological polar surface area (TPSA) is 26.3 Å². The van der Waals surface area contributed by atoms with Gasteiger partial charge in [-0.2, -0.15) is 0 Å². The molecule has 0 N–H and O–H groups in total. The minimum atomic E-state index is 0.0608. The van der Waals surface area contributed by atoms with Crippen molar-refractivity contribution in [3.63, 3.8) is 0 Å².